The number of nitrogens with zero attached hydrogens (tertiary/aromatic N) is 2. The number of allylic oxidation sites excluding steroid dienone is 2. The molecular weight excluding hydrogens is 318 g/mol. The number of nitriles is 1. The van der Waals surface area contributed by atoms with Gasteiger partial charge in [-0.15, -0.1) is 0 Å². The van der Waals surface area contributed by atoms with Gasteiger partial charge in [0.1, 0.15) is 6.07 Å². The normalized spacial score (nSPS) is 15.7. The van der Waals surface area contributed by atoms with Gasteiger partial charge in [0, 0.05) is 22.7 Å². The highest BCUT2D eigenvalue weighted by atomic mass is 35.5. The topological polar surface area (TPSA) is 62.2 Å². The molecule has 2 N–H and O–H groups in total. The van der Waals surface area contributed by atoms with Crippen molar-refractivity contribution in [3.63, 3.8) is 0 Å². The number of rotatable bonds is 1. The molecule has 0 saturated carbocycles. The SMILES string of the molecule is N#Cc1c(N)cc2c(c1-c1ccc(Cl)cc1)N=C1CCCC=C1C2. The van der Waals surface area contributed by atoms with E-state index in [0.717, 1.165) is 53.8 Å². The summed E-state index contributed by atoms with van der Waals surface area (Å²) >= 11 is 6.01. The van der Waals surface area contributed by atoms with Crippen LogP contribution >= 0.6 is 11.6 Å². The lowest BCUT2D eigenvalue weighted by atomic mass is 9.85. The molecule has 0 saturated heterocycles. The van der Waals surface area contributed by atoms with Crippen LogP contribution in [0.15, 0.2) is 47.0 Å². The predicted molar refractivity (Wildman–Crippen MR) is 98.7 cm³/mol. The van der Waals surface area contributed by atoms with Crippen LogP contribution in [0.5, 0.6) is 0 Å². The molecule has 0 aromatic heterocycles. The largest absolute Gasteiger partial charge is 0.398 e. The maximum Gasteiger partial charge on any atom is 0.102 e. The van der Waals surface area contributed by atoms with Gasteiger partial charge in [-0.25, -0.2) is 0 Å². The molecule has 2 aliphatic rings. The quantitative estimate of drug-likeness (QED) is 0.729. The van der Waals surface area contributed by atoms with Crippen LogP contribution in [0.1, 0.15) is 30.4 Å². The Morgan fingerprint density at radius 1 is 1.21 bits per heavy atom. The lowest BCUT2D eigenvalue weighted by Crippen LogP contribution is -2.14. The van der Waals surface area contributed by atoms with E-state index in [2.05, 4.69) is 12.1 Å². The Kier molecular flexibility index (Phi) is 3.63. The summed E-state index contributed by atoms with van der Waals surface area (Å²) in [5, 5.41) is 10.3. The molecule has 0 fully saturated rings. The van der Waals surface area contributed by atoms with E-state index in [9.17, 15) is 5.26 Å². The van der Waals surface area contributed by atoms with Gasteiger partial charge in [-0.1, -0.05) is 29.8 Å². The Bertz CT molecular complexity index is 931. The van der Waals surface area contributed by atoms with Crippen molar-refractivity contribution in [1.29, 1.82) is 5.26 Å². The second-order valence-electron chi connectivity index (χ2n) is 6.20. The molecule has 1 heterocycles. The number of benzene rings is 2. The maximum atomic E-state index is 9.63. The zero-order chi connectivity index (χ0) is 16.7. The molecule has 2 aromatic rings. The van der Waals surface area contributed by atoms with Gasteiger partial charge in [-0.2, -0.15) is 5.26 Å². The van der Waals surface area contributed by atoms with E-state index in [4.69, 9.17) is 22.3 Å². The number of nitrogen functional groups attached to an aromatic ring is 1. The summed E-state index contributed by atoms with van der Waals surface area (Å²) in [4.78, 5) is 4.92. The van der Waals surface area contributed by atoms with Crippen molar-refractivity contribution < 1.29 is 0 Å². The Morgan fingerprint density at radius 3 is 2.75 bits per heavy atom. The van der Waals surface area contributed by atoms with E-state index in [1.54, 1.807) is 0 Å². The van der Waals surface area contributed by atoms with Crippen LogP contribution in [0.25, 0.3) is 11.1 Å². The molecule has 1 aliphatic carbocycles. The van der Waals surface area contributed by atoms with Gasteiger partial charge in [0.2, 0.25) is 0 Å². The summed E-state index contributed by atoms with van der Waals surface area (Å²) < 4.78 is 0. The van der Waals surface area contributed by atoms with Gasteiger partial charge >= 0.3 is 0 Å². The minimum atomic E-state index is 0.490. The van der Waals surface area contributed by atoms with E-state index in [-0.39, 0.29) is 0 Å². The molecule has 0 bridgehead atoms. The van der Waals surface area contributed by atoms with Crippen molar-refractivity contribution >= 4 is 28.7 Å². The first-order valence-electron chi connectivity index (χ1n) is 8.05. The van der Waals surface area contributed by atoms with Crippen LogP contribution < -0.4 is 5.73 Å². The van der Waals surface area contributed by atoms with Gasteiger partial charge in [0.05, 0.1) is 16.9 Å². The summed E-state index contributed by atoms with van der Waals surface area (Å²) in [5.41, 5.74) is 13.4. The molecule has 118 valence electrons. The molecule has 2 aromatic carbocycles. The van der Waals surface area contributed by atoms with Crippen LogP contribution in [0, 0.1) is 11.3 Å². The van der Waals surface area contributed by atoms with Crippen molar-refractivity contribution in [2.45, 2.75) is 25.7 Å². The Balaban J connectivity index is 2.00. The lowest BCUT2D eigenvalue weighted by molar-refractivity contribution is 0.852. The van der Waals surface area contributed by atoms with Crippen molar-refractivity contribution in [2.75, 3.05) is 5.73 Å². The molecule has 0 unspecified atom stereocenters. The van der Waals surface area contributed by atoms with Gasteiger partial charge in [0.15, 0.2) is 0 Å². The van der Waals surface area contributed by atoms with Crippen LogP contribution in [0.2, 0.25) is 5.02 Å². The molecular formula is C20H16ClN3. The number of hydrogen-bond acceptors (Lipinski definition) is 3. The number of hydrogen-bond donors (Lipinski definition) is 1. The monoisotopic (exact) mass is 333 g/mol. The highest BCUT2D eigenvalue weighted by Gasteiger charge is 2.25. The average Bonchev–Trinajstić information content (AvgIpc) is 2.60. The van der Waals surface area contributed by atoms with E-state index >= 15 is 0 Å². The van der Waals surface area contributed by atoms with Crippen molar-refractivity contribution in [3.8, 4) is 17.2 Å². The van der Waals surface area contributed by atoms with E-state index in [0.29, 0.717) is 16.3 Å². The summed E-state index contributed by atoms with van der Waals surface area (Å²) in [6.45, 7) is 0. The fourth-order valence-corrected chi connectivity index (χ4v) is 3.62. The first-order chi connectivity index (χ1) is 11.7. The Morgan fingerprint density at radius 2 is 2.00 bits per heavy atom. The summed E-state index contributed by atoms with van der Waals surface area (Å²) in [6, 6.07) is 11.7. The smallest absolute Gasteiger partial charge is 0.102 e. The second-order valence-corrected chi connectivity index (χ2v) is 6.64. The second kappa shape index (κ2) is 5.81. The predicted octanol–water partition coefficient (Wildman–Crippen LogP) is 5.20. The van der Waals surface area contributed by atoms with Crippen molar-refractivity contribution in [2.24, 2.45) is 4.99 Å². The lowest BCUT2D eigenvalue weighted by Gasteiger charge is -2.25. The summed E-state index contributed by atoms with van der Waals surface area (Å²) in [7, 11) is 0. The molecule has 24 heavy (non-hydrogen) atoms. The van der Waals surface area contributed by atoms with E-state index in [1.165, 1.54) is 5.57 Å². The molecule has 4 heteroatoms. The highest BCUT2D eigenvalue weighted by Crippen LogP contribution is 2.44. The number of nitrogens with two attached hydrogens (primary N) is 1. The van der Waals surface area contributed by atoms with Crippen LogP contribution in [0.4, 0.5) is 11.4 Å². The number of fused-ring (bicyclic) bond motifs is 2. The number of aliphatic imine (C=N–C) groups is 1. The fourth-order valence-electron chi connectivity index (χ4n) is 3.50. The minimum absolute atomic E-state index is 0.490. The molecule has 0 spiro atoms. The standard InChI is InChI=1S/C20H16ClN3/c21-15-7-5-12(6-8-15)19-16(11-22)17(23)10-14-9-13-3-1-2-4-18(13)24-20(14)19/h3,5-8,10H,1-2,4,9,23H2. The van der Waals surface area contributed by atoms with E-state index < -0.39 is 0 Å². The molecule has 0 atom stereocenters. The fraction of sp³-hybridized carbons (Fsp3) is 0.200. The van der Waals surface area contributed by atoms with Crippen LogP contribution in [-0.2, 0) is 6.42 Å². The summed E-state index contributed by atoms with van der Waals surface area (Å²) in [6.07, 6.45) is 6.36. The van der Waals surface area contributed by atoms with Gasteiger partial charge in [0.25, 0.3) is 0 Å². The highest BCUT2D eigenvalue weighted by molar-refractivity contribution is 6.30. The first-order valence-corrected chi connectivity index (χ1v) is 8.43. The Hall–Kier alpha value is -2.57. The summed E-state index contributed by atoms with van der Waals surface area (Å²) in [5.74, 6) is 0. The maximum absolute atomic E-state index is 9.63. The molecule has 0 amide bonds. The number of anilines is 1. The van der Waals surface area contributed by atoms with Crippen LogP contribution in [0.3, 0.4) is 0 Å². The number of halogens is 1. The van der Waals surface area contributed by atoms with Crippen LogP contribution in [-0.4, -0.2) is 5.71 Å². The van der Waals surface area contributed by atoms with Gasteiger partial charge in [-0.3, -0.25) is 4.99 Å². The Labute approximate surface area is 146 Å². The average molecular weight is 334 g/mol. The third-order valence-corrected chi connectivity index (χ3v) is 4.91. The molecule has 0 radical (unpaired) electrons. The third-order valence-electron chi connectivity index (χ3n) is 4.66. The van der Waals surface area contributed by atoms with E-state index in [1.807, 2.05) is 30.3 Å². The van der Waals surface area contributed by atoms with Crippen molar-refractivity contribution in [3.05, 3.63) is 58.1 Å². The van der Waals surface area contributed by atoms with Crippen molar-refractivity contribution in [1.82, 2.24) is 0 Å². The molecule has 4 rings (SSSR count). The molecule has 3 nitrogen and oxygen atoms in total. The van der Waals surface area contributed by atoms with Gasteiger partial charge in [-0.05, 0) is 54.2 Å². The molecule has 1 aliphatic heterocycles. The third kappa shape index (κ3) is 2.40. The first kappa shape index (κ1) is 15.0. The minimum Gasteiger partial charge on any atom is -0.398 e. The van der Waals surface area contributed by atoms with Gasteiger partial charge < -0.3 is 5.73 Å². The zero-order valence-electron chi connectivity index (χ0n) is 13.1. The zero-order valence-corrected chi connectivity index (χ0v) is 13.9.